The van der Waals surface area contributed by atoms with Gasteiger partial charge in [-0.3, -0.25) is 0 Å². The Kier molecular flexibility index (Phi) is 4.64. The van der Waals surface area contributed by atoms with Gasteiger partial charge in [0.05, 0.1) is 3.79 Å². The lowest BCUT2D eigenvalue weighted by atomic mass is 9.90. The van der Waals surface area contributed by atoms with Gasteiger partial charge < -0.3 is 10.2 Å². The maximum absolute atomic E-state index is 3.67. The number of nitrogens with one attached hydrogen (secondary N) is 1. The number of piperidine rings is 1. The second-order valence-corrected chi connectivity index (χ2v) is 7.67. The molecule has 0 amide bonds. The fourth-order valence-electron chi connectivity index (χ4n) is 2.65. The topological polar surface area (TPSA) is 15.3 Å². The van der Waals surface area contributed by atoms with Crippen LogP contribution in [0.3, 0.4) is 0 Å². The first kappa shape index (κ1) is 13.5. The van der Waals surface area contributed by atoms with E-state index in [1.54, 1.807) is 11.3 Å². The monoisotopic (exact) mass is 316 g/mol. The molecular weight excluding hydrogens is 296 g/mol. The summed E-state index contributed by atoms with van der Waals surface area (Å²) in [5, 5.41) is 5.90. The molecule has 0 aromatic carbocycles. The highest BCUT2D eigenvalue weighted by atomic mass is 79.9. The molecule has 0 saturated carbocycles. The molecule has 1 atom stereocenters. The molecule has 0 radical (unpaired) electrons. The van der Waals surface area contributed by atoms with Gasteiger partial charge >= 0.3 is 0 Å². The van der Waals surface area contributed by atoms with E-state index in [1.165, 1.54) is 35.2 Å². The standard InChI is InChI=1S/C13H21BrN2S/c1-13(5-3-4-6-15-13)10-16(2)8-11-7-12(14)17-9-11/h7,9,15H,3-6,8,10H2,1-2H3. The molecule has 17 heavy (non-hydrogen) atoms. The van der Waals surface area contributed by atoms with E-state index in [9.17, 15) is 0 Å². The number of thiophene rings is 1. The number of rotatable bonds is 4. The van der Waals surface area contributed by atoms with Gasteiger partial charge in [-0.25, -0.2) is 0 Å². The van der Waals surface area contributed by atoms with Crippen molar-refractivity contribution < 1.29 is 0 Å². The SMILES string of the molecule is CN(Cc1csc(Br)c1)CC1(C)CCCCN1. The third-order valence-electron chi connectivity index (χ3n) is 3.40. The van der Waals surface area contributed by atoms with Gasteiger partial charge in [-0.05, 0) is 66.3 Å². The van der Waals surface area contributed by atoms with Crippen LogP contribution in [0, 0.1) is 0 Å². The molecule has 1 unspecified atom stereocenters. The highest BCUT2D eigenvalue weighted by Crippen LogP contribution is 2.23. The van der Waals surface area contributed by atoms with Crippen molar-refractivity contribution in [3.63, 3.8) is 0 Å². The molecule has 1 saturated heterocycles. The van der Waals surface area contributed by atoms with E-state index in [2.05, 4.69) is 51.6 Å². The van der Waals surface area contributed by atoms with E-state index in [4.69, 9.17) is 0 Å². The Morgan fingerprint density at radius 3 is 2.94 bits per heavy atom. The first-order valence-electron chi connectivity index (χ1n) is 6.24. The molecule has 4 heteroatoms. The van der Waals surface area contributed by atoms with Crippen molar-refractivity contribution in [3.05, 3.63) is 20.8 Å². The molecule has 2 nitrogen and oxygen atoms in total. The molecule has 1 N–H and O–H groups in total. The highest BCUT2D eigenvalue weighted by molar-refractivity contribution is 9.11. The van der Waals surface area contributed by atoms with Gasteiger partial charge in [0, 0.05) is 18.6 Å². The molecule has 1 aliphatic heterocycles. The van der Waals surface area contributed by atoms with Crippen LogP contribution in [-0.4, -0.2) is 30.6 Å². The van der Waals surface area contributed by atoms with E-state index in [0.29, 0.717) is 5.54 Å². The molecular formula is C13H21BrN2S. The van der Waals surface area contributed by atoms with Crippen LogP contribution in [0.4, 0.5) is 0 Å². The second-order valence-electron chi connectivity index (χ2n) is 5.38. The van der Waals surface area contributed by atoms with Crippen LogP contribution in [0.15, 0.2) is 15.2 Å². The lowest BCUT2D eigenvalue weighted by Gasteiger charge is -2.38. The zero-order valence-corrected chi connectivity index (χ0v) is 13.0. The third kappa shape index (κ3) is 4.05. The van der Waals surface area contributed by atoms with Crippen LogP contribution in [-0.2, 0) is 6.54 Å². The zero-order chi connectivity index (χ0) is 12.3. The smallest absolute Gasteiger partial charge is 0.0701 e. The van der Waals surface area contributed by atoms with E-state index in [1.807, 2.05) is 0 Å². The maximum atomic E-state index is 3.67. The summed E-state index contributed by atoms with van der Waals surface area (Å²) < 4.78 is 1.22. The Morgan fingerprint density at radius 2 is 2.35 bits per heavy atom. The lowest BCUT2D eigenvalue weighted by Crippen LogP contribution is -2.52. The van der Waals surface area contributed by atoms with Gasteiger partial charge in [0.15, 0.2) is 0 Å². The predicted molar refractivity (Wildman–Crippen MR) is 78.6 cm³/mol. The van der Waals surface area contributed by atoms with Gasteiger partial charge in [-0.1, -0.05) is 6.42 Å². The summed E-state index contributed by atoms with van der Waals surface area (Å²) >= 11 is 5.28. The van der Waals surface area contributed by atoms with E-state index in [0.717, 1.165) is 13.1 Å². The molecule has 1 fully saturated rings. The number of likely N-dealkylation sites (N-methyl/N-ethyl adjacent to an activating group) is 1. The first-order chi connectivity index (χ1) is 8.07. The van der Waals surface area contributed by atoms with Crippen molar-refractivity contribution >= 4 is 27.3 Å². The minimum Gasteiger partial charge on any atom is -0.310 e. The summed E-state index contributed by atoms with van der Waals surface area (Å²) in [4.78, 5) is 2.42. The molecule has 0 spiro atoms. The van der Waals surface area contributed by atoms with Crippen LogP contribution in [0.25, 0.3) is 0 Å². The van der Waals surface area contributed by atoms with Crippen LogP contribution in [0.2, 0.25) is 0 Å². The minimum atomic E-state index is 0.306. The number of hydrogen-bond donors (Lipinski definition) is 1. The van der Waals surface area contributed by atoms with Crippen LogP contribution < -0.4 is 5.32 Å². The normalized spacial score (nSPS) is 25.4. The van der Waals surface area contributed by atoms with Gasteiger partial charge in [0.1, 0.15) is 0 Å². The summed E-state index contributed by atoms with van der Waals surface area (Å²) in [6.45, 7) is 5.69. The summed E-state index contributed by atoms with van der Waals surface area (Å²) in [6, 6.07) is 2.22. The molecule has 2 heterocycles. The molecule has 0 bridgehead atoms. The van der Waals surface area contributed by atoms with Crippen molar-refractivity contribution in [1.82, 2.24) is 10.2 Å². The molecule has 2 rings (SSSR count). The van der Waals surface area contributed by atoms with Gasteiger partial charge in [-0.15, -0.1) is 11.3 Å². The number of nitrogens with zero attached hydrogens (tertiary/aromatic N) is 1. The van der Waals surface area contributed by atoms with Crippen LogP contribution >= 0.6 is 27.3 Å². The van der Waals surface area contributed by atoms with E-state index < -0.39 is 0 Å². The van der Waals surface area contributed by atoms with Crippen LogP contribution in [0.5, 0.6) is 0 Å². The minimum absolute atomic E-state index is 0.306. The Balaban J connectivity index is 1.85. The largest absolute Gasteiger partial charge is 0.310 e. The summed E-state index contributed by atoms with van der Waals surface area (Å²) in [5.41, 5.74) is 1.71. The Morgan fingerprint density at radius 1 is 1.53 bits per heavy atom. The molecule has 1 aromatic heterocycles. The fourth-order valence-corrected chi connectivity index (χ4v) is 3.85. The zero-order valence-electron chi connectivity index (χ0n) is 10.6. The molecule has 0 aliphatic carbocycles. The van der Waals surface area contributed by atoms with Gasteiger partial charge in [0.25, 0.3) is 0 Å². The number of hydrogen-bond acceptors (Lipinski definition) is 3. The third-order valence-corrected chi connectivity index (χ3v) is 4.95. The van der Waals surface area contributed by atoms with Crippen molar-refractivity contribution in [3.8, 4) is 0 Å². The second kappa shape index (κ2) is 5.83. The Bertz CT molecular complexity index is 358. The van der Waals surface area contributed by atoms with Gasteiger partial charge in [-0.2, -0.15) is 0 Å². The quantitative estimate of drug-likeness (QED) is 0.915. The van der Waals surface area contributed by atoms with Crippen molar-refractivity contribution in [2.45, 2.75) is 38.3 Å². The summed E-state index contributed by atoms with van der Waals surface area (Å²) in [7, 11) is 2.22. The fraction of sp³-hybridized carbons (Fsp3) is 0.692. The summed E-state index contributed by atoms with van der Waals surface area (Å²) in [6.07, 6.45) is 3.99. The van der Waals surface area contributed by atoms with Gasteiger partial charge in [0.2, 0.25) is 0 Å². The highest BCUT2D eigenvalue weighted by Gasteiger charge is 2.27. The average Bonchev–Trinajstić information content (AvgIpc) is 2.63. The Labute approximate surface area is 117 Å². The molecule has 96 valence electrons. The average molecular weight is 317 g/mol. The van der Waals surface area contributed by atoms with E-state index in [-0.39, 0.29) is 0 Å². The number of halogens is 1. The van der Waals surface area contributed by atoms with Crippen LogP contribution in [0.1, 0.15) is 31.7 Å². The van der Waals surface area contributed by atoms with Crippen molar-refractivity contribution in [1.29, 1.82) is 0 Å². The maximum Gasteiger partial charge on any atom is 0.0701 e. The molecule has 1 aromatic rings. The first-order valence-corrected chi connectivity index (χ1v) is 7.91. The summed E-state index contributed by atoms with van der Waals surface area (Å²) in [5.74, 6) is 0. The Hall–Kier alpha value is 0.1000. The molecule has 1 aliphatic rings. The predicted octanol–water partition coefficient (Wildman–Crippen LogP) is 3.47. The van der Waals surface area contributed by atoms with Crippen molar-refractivity contribution in [2.75, 3.05) is 20.1 Å². The van der Waals surface area contributed by atoms with E-state index >= 15 is 0 Å². The van der Waals surface area contributed by atoms with Crippen molar-refractivity contribution in [2.24, 2.45) is 0 Å². The lowest BCUT2D eigenvalue weighted by molar-refractivity contribution is 0.183.